The van der Waals surface area contributed by atoms with Gasteiger partial charge in [0.1, 0.15) is 0 Å². The number of hydrogen-bond donors (Lipinski definition) is 1. The predicted octanol–water partition coefficient (Wildman–Crippen LogP) is 2.07. The van der Waals surface area contributed by atoms with Crippen LogP contribution in [0, 0.1) is 11.7 Å². The summed E-state index contributed by atoms with van der Waals surface area (Å²) in [6.07, 6.45) is 1.25. The molecule has 0 radical (unpaired) electrons. The van der Waals surface area contributed by atoms with Gasteiger partial charge in [-0.1, -0.05) is 0 Å². The number of piperidine rings is 1. The number of halogens is 1. The lowest BCUT2D eigenvalue weighted by atomic mass is 9.92. The number of methoxy groups -OCH3 is 1. The van der Waals surface area contributed by atoms with Crippen LogP contribution in [0.5, 0.6) is 5.75 Å². The fourth-order valence-electron chi connectivity index (χ4n) is 2.56. The van der Waals surface area contributed by atoms with Gasteiger partial charge < -0.3 is 14.7 Å². The Morgan fingerprint density at radius 1 is 1.45 bits per heavy atom. The number of carbonyl (C=O) groups excluding carboxylic acids is 1. The SMILES string of the molecule is COc1cc(C(=O)N2CCC(C(C)O)CC2)ccc1F. The van der Waals surface area contributed by atoms with E-state index in [4.69, 9.17) is 4.74 Å². The summed E-state index contributed by atoms with van der Waals surface area (Å²) >= 11 is 0. The number of likely N-dealkylation sites (tertiary alicyclic amines) is 1. The Hall–Kier alpha value is -1.62. The average molecular weight is 281 g/mol. The van der Waals surface area contributed by atoms with Crippen molar-refractivity contribution in [3.63, 3.8) is 0 Å². The Morgan fingerprint density at radius 3 is 2.65 bits per heavy atom. The van der Waals surface area contributed by atoms with Gasteiger partial charge in [-0.05, 0) is 43.9 Å². The maximum atomic E-state index is 13.3. The van der Waals surface area contributed by atoms with Crippen LogP contribution in [0.4, 0.5) is 4.39 Å². The second-order valence-corrected chi connectivity index (χ2v) is 5.22. The van der Waals surface area contributed by atoms with Crippen LogP contribution in [0.2, 0.25) is 0 Å². The molecular weight excluding hydrogens is 261 g/mol. The number of hydrogen-bond acceptors (Lipinski definition) is 3. The number of aliphatic hydroxyl groups excluding tert-OH is 1. The zero-order valence-corrected chi connectivity index (χ0v) is 11.8. The molecule has 0 aliphatic carbocycles. The summed E-state index contributed by atoms with van der Waals surface area (Å²) in [5, 5.41) is 9.56. The molecule has 0 aromatic heterocycles. The van der Waals surface area contributed by atoms with Crippen LogP contribution in [0.25, 0.3) is 0 Å². The maximum Gasteiger partial charge on any atom is 0.253 e. The minimum atomic E-state index is -0.475. The first-order chi connectivity index (χ1) is 9.52. The largest absolute Gasteiger partial charge is 0.494 e. The van der Waals surface area contributed by atoms with E-state index >= 15 is 0 Å². The van der Waals surface area contributed by atoms with Crippen LogP contribution in [0.15, 0.2) is 18.2 Å². The fourth-order valence-corrected chi connectivity index (χ4v) is 2.56. The van der Waals surface area contributed by atoms with E-state index in [0.29, 0.717) is 18.7 Å². The predicted molar refractivity (Wildman–Crippen MR) is 73.3 cm³/mol. The molecule has 1 aliphatic heterocycles. The Morgan fingerprint density at radius 2 is 2.10 bits per heavy atom. The van der Waals surface area contributed by atoms with Crippen LogP contribution in [-0.4, -0.2) is 42.2 Å². The highest BCUT2D eigenvalue weighted by atomic mass is 19.1. The van der Waals surface area contributed by atoms with Gasteiger partial charge in [-0.15, -0.1) is 0 Å². The molecule has 1 amide bonds. The lowest BCUT2D eigenvalue weighted by molar-refractivity contribution is 0.0521. The molecule has 0 bridgehead atoms. The minimum Gasteiger partial charge on any atom is -0.494 e. The van der Waals surface area contributed by atoms with Gasteiger partial charge in [-0.3, -0.25) is 4.79 Å². The van der Waals surface area contributed by atoms with E-state index in [9.17, 15) is 14.3 Å². The van der Waals surface area contributed by atoms with Crippen molar-refractivity contribution in [1.82, 2.24) is 4.90 Å². The third-order valence-electron chi connectivity index (χ3n) is 3.91. The molecule has 1 fully saturated rings. The molecule has 1 aromatic carbocycles. The van der Waals surface area contributed by atoms with Gasteiger partial charge in [0.25, 0.3) is 5.91 Å². The molecule has 20 heavy (non-hydrogen) atoms. The molecule has 1 aliphatic rings. The lowest BCUT2D eigenvalue weighted by Gasteiger charge is -2.33. The quantitative estimate of drug-likeness (QED) is 0.922. The van der Waals surface area contributed by atoms with Gasteiger partial charge in [-0.25, -0.2) is 4.39 Å². The molecular formula is C15H20FNO3. The maximum absolute atomic E-state index is 13.3. The van der Waals surface area contributed by atoms with Crippen molar-refractivity contribution in [1.29, 1.82) is 0 Å². The summed E-state index contributed by atoms with van der Waals surface area (Å²) in [5.41, 5.74) is 0.429. The van der Waals surface area contributed by atoms with E-state index in [1.807, 2.05) is 0 Å². The summed E-state index contributed by atoms with van der Waals surface area (Å²) in [4.78, 5) is 14.1. The Kier molecular flexibility index (Phi) is 4.60. The molecule has 1 atom stereocenters. The van der Waals surface area contributed by atoms with Gasteiger partial charge >= 0.3 is 0 Å². The third-order valence-corrected chi connectivity index (χ3v) is 3.91. The minimum absolute atomic E-state index is 0.0784. The molecule has 110 valence electrons. The second-order valence-electron chi connectivity index (χ2n) is 5.22. The normalized spacial score (nSPS) is 17.9. The highest BCUT2D eigenvalue weighted by molar-refractivity contribution is 5.94. The molecule has 1 heterocycles. The zero-order chi connectivity index (χ0) is 14.7. The summed E-state index contributed by atoms with van der Waals surface area (Å²) in [5.74, 6) is -0.263. The first-order valence-electron chi connectivity index (χ1n) is 6.83. The number of rotatable bonds is 3. The molecule has 1 saturated heterocycles. The van der Waals surface area contributed by atoms with E-state index in [2.05, 4.69) is 0 Å². The average Bonchev–Trinajstić information content (AvgIpc) is 2.47. The Balaban J connectivity index is 2.05. The summed E-state index contributed by atoms with van der Waals surface area (Å²) in [6.45, 7) is 3.02. The van der Waals surface area contributed by atoms with Crippen molar-refractivity contribution < 1.29 is 19.0 Å². The van der Waals surface area contributed by atoms with Crippen LogP contribution in [0.3, 0.4) is 0 Å². The molecule has 0 spiro atoms. The van der Waals surface area contributed by atoms with Crippen LogP contribution < -0.4 is 4.74 Å². The van der Waals surface area contributed by atoms with E-state index in [1.165, 1.54) is 25.3 Å². The van der Waals surface area contributed by atoms with Gasteiger partial charge in [-0.2, -0.15) is 0 Å². The van der Waals surface area contributed by atoms with E-state index < -0.39 is 5.82 Å². The molecule has 1 aromatic rings. The molecule has 0 saturated carbocycles. The van der Waals surface area contributed by atoms with Gasteiger partial charge in [0, 0.05) is 18.7 Å². The standard InChI is InChI=1S/C15H20FNO3/c1-10(18)11-5-7-17(8-6-11)15(19)12-3-4-13(16)14(9-12)20-2/h3-4,9-11,18H,5-8H2,1-2H3. The summed E-state index contributed by atoms with van der Waals surface area (Å²) < 4.78 is 18.2. The highest BCUT2D eigenvalue weighted by Crippen LogP contribution is 2.24. The van der Waals surface area contributed by atoms with Gasteiger partial charge in [0.2, 0.25) is 0 Å². The molecule has 5 heteroatoms. The van der Waals surface area contributed by atoms with Crippen molar-refractivity contribution in [3.8, 4) is 5.75 Å². The van der Waals surface area contributed by atoms with E-state index in [0.717, 1.165) is 12.8 Å². The van der Waals surface area contributed by atoms with Crippen molar-refractivity contribution in [2.24, 2.45) is 5.92 Å². The van der Waals surface area contributed by atoms with Crippen molar-refractivity contribution in [2.45, 2.75) is 25.9 Å². The Bertz CT molecular complexity index is 482. The Labute approximate surface area is 118 Å². The number of amides is 1. The lowest BCUT2D eigenvalue weighted by Crippen LogP contribution is -2.40. The third kappa shape index (κ3) is 3.10. The number of ether oxygens (including phenoxy) is 1. The smallest absolute Gasteiger partial charge is 0.253 e. The number of nitrogens with zero attached hydrogens (tertiary/aromatic N) is 1. The zero-order valence-electron chi connectivity index (χ0n) is 11.8. The van der Waals surface area contributed by atoms with E-state index in [-0.39, 0.29) is 23.7 Å². The number of carbonyl (C=O) groups is 1. The van der Waals surface area contributed by atoms with Crippen molar-refractivity contribution in [2.75, 3.05) is 20.2 Å². The van der Waals surface area contributed by atoms with Crippen molar-refractivity contribution >= 4 is 5.91 Å². The molecule has 1 N–H and O–H groups in total. The number of aliphatic hydroxyl groups is 1. The van der Waals surface area contributed by atoms with Gasteiger partial charge in [0.15, 0.2) is 11.6 Å². The first kappa shape index (κ1) is 14.8. The van der Waals surface area contributed by atoms with Gasteiger partial charge in [0.05, 0.1) is 13.2 Å². The monoisotopic (exact) mass is 281 g/mol. The van der Waals surface area contributed by atoms with Crippen LogP contribution in [0.1, 0.15) is 30.1 Å². The van der Waals surface area contributed by atoms with Crippen LogP contribution in [-0.2, 0) is 0 Å². The molecule has 1 unspecified atom stereocenters. The first-order valence-corrected chi connectivity index (χ1v) is 6.83. The molecule has 4 nitrogen and oxygen atoms in total. The summed E-state index contributed by atoms with van der Waals surface area (Å²) in [6, 6.07) is 4.15. The molecule has 2 rings (SSSR count). The topological polar surface area (TPSA) is 49.8 Å². The van der Waals surface area contributed by atoms with Crippen LogP contribution >= 0.6 is 0 Å². The highest BCUT2D eigenvalue weighted by Gasteiger charge is 2.26. The number of benzene rings is 1. The summed E-state index contributed by atoms with van der Waals surface area (Å²) in [7, 11) is 1.38. The second kappa shape index (κ2) is 6.22. The van der Waals surface area contributed by atoms with E-state index in [1.54, 1.807) is 11.8 Å². The van der Waals surface area contributed by atoms with Crippen molar-refractivity contribution in [3.05, 3.63) is 29.6 Å². The fraction of sp³-hybridized carbons (Fsp3) is 0.533.